The molecular formula is C18H29IN4OS2. The first kappa shape index (κ1) is 21.8. The molecular weight excluding hydrogens is 479 g/mol. The number of thioether (sulfide) groups is 1. The molecule has 5 nitrogen and oxygen atoms in total. The summed E-state index contributed by atoms with van der Waals surface area (Å²) in [6, 6.07) is 2.14. The Bertz CT molecular complexity index is 628. The van der Waals surface area contributed by atoms with Gasteiger partial charge in [0.05, 0.1) is 0 Å². The van der Waals surface area contributed by atoms with Crippen molar-refractivity contribution < 1.29 is 4.79 Å². The second-order valence-corrected chi connectivity index (χ2v) is 9.62. The molecule has 26 heavy (non-hydrogen) atoms. The van der Waals surface area contributed by atoms with Crippen LogP contribution in [0, 0.1) is 0 Å². The molecule has 1 atom stereocenters. The number of nitrogens with one attached hydrogen (secondary N) is 2. The molecule has 0 aliphatic carbocycles. The van der Waals surface area contributed by atoms with E-state index >= 15 is 0 Å². The molecule has 146 valence electrons. The first-order valence-corrected chi connectivity index (χ1v) is 10.9. The summed E-state index contributed by atoms with van der Waals surface area (Å²) < 4.78 is 0.305. The monoisotopic (exact) mass is 508 g/mol. The Morgan fingerprint density at radius 2 is 2.27 bits per heavy atom. The number of nitrogens with zero attached hydrogens (tertiary/aromatic N) is 2. The average Bonchev–Trinajstić information content (AvgIpc) is 3.26. The molecule has 1 aromatic rings. The van der Waals surface area contributed by atoms with Crippen LogP contribution in [0.25, 0.3) is 0 Å². The van der Waals surface area contributed by atoms with E-state index in [9.17, 15) is 4.79 Å². The summed E-state index contributed by atoms with van der Waals surface area (Å²) >= 11 is 3.84. The minimum absolute atomic E-state index is 0. The van der Waals surface area contributed by atoms with E-state index in [1.807, 2.05) is 16.7 Å². The van der Waals surface area contributed by atoms with Crippen LogP contribution in [0.15, 0.2) is 16.4 Å². The first-order valence-electron chi connectivity index (χ1n) is 9.01. The Morgan fingerprint density at radius 3 is 3.00 bits per heavy atom. The largest absolute Gasteiger partial charge is 0.356 e. The van der Waals surface area contributed by atoms with Crippen molar-refractivity contribution in [3.05, 3.63) is 21.9 Å². The van der Waals surface area contributed by atoms with Crippen molar-refractivity contribution >= 4 is 58.9 Å². The van der Waals surface area contributed by atoms with E-state index in [0.717, 1.165) is 32.0 Å². The van der Waals surface area contributed by atoms with Crippen LogP contribution < -0.4 is 10.6 Å². The number of thiophene rings is 1. The first-order chi connectivity index (χ1) is 12.1. The molecule has 0 aromatic carbocycles. The Kier molecular flexibility index (Phi) is 8.53. The summed E-state index contributed by atoms with van der Waals surface area (Å²) in [6.45, 7) is 5.45. The number of hydrogen-bond acceptors (Lipinski definition) is 4. The number of guanidine groups is 1. The second-order valence-electron chi connectivity index (χ2n) is 6.94. The third kappa shape index (κ3) is 5.76. The number of hydrogen-bond donors (Lipinski definition) is 2. The quantitative estimate of drug-likeness (QED) is 0.365. The van der Waals surface area contributed by atoms with Crippen LogP contribution in [0.3, 0.4) is 0 Å². The zero-order chi connectivity index (χ0) is 17.7. The van der Waals surface area contributed by atoms with E-state index in [0.29, 0.717) is 17.7 Å². The minimum Gasteiger partial charge on any atom is -0.356 e. The molecule has 1 fully saturated rings. The Hall–Kier alpha value is -0.480. The van der Waals surface area contributed by atoms with E-state index in [2.05, 4.69) is 34.0 Å². The molecule has 3 rings (SSSR count). The molecule has 8 heteroatoms. The van der Waals surface area contributed by atoms with E-state index < -0.39 is 0 Å². The lowest BCUT2D eigenvalue weighted by molar-refractivity contribution is -0.131. The van der Waals surface area contributed by atoms with Gasteiger partial charge in [0, 0.05) is 49.3 Å². The summed E-state index contributed by atoms with van der Waals surface area (Å²) in [5.41, 5.74) is 1.32. The molecule has 0 spiro atoms. The van der Waals surface area contributed by atoms with Gasteiger partial charge in [-0.15, -0.1) is 35.3 Å². The lowest BCUT2D eigenvalue weighted by Gasteiger charge is -2.27. The molecule has 1 amide bonds. The van der Waals surface area contributed by atoms with Gasteiger partial charge in [0.2, 0.25) is 5.91 Å². The maximum atomic E-state index is 12.4. The number of amides is 1. The van der Waals surface area contributed by atoms with Gasteiger partial charge in [-0.05, 0) is 48.9 Å². The third-order valence-corrected chi connectivity index (χ3v) is 7.51. The van der Waals surface area contributed by atoms with Crippen molar-refractivity contribution in [2.75, 3.05) is 32.4 Å². The number of carbonyl (C=O) groups is 1. The Balaban J connectivity index is 0.00000243. The highest BCUT2D eigenvalue weighted by molar-refractivity contribution is 14.0. The Labute approximate surface area is 181 Å². The standard InChI is InChI=1S/C18H28N4OS2.HI/c1-18(7-3-10-25-18)13-21-17(19-2)20-8-4-16(23)22-9-5-15-14(12-22)6-11-24-15;/h6,11H,3-5,7-10,12-13H2,1-2H3,(H2,19,20,21);1H. The number of carbonyl (C=O) groups excluding carboxylic acids is 1. The predicted octanol–water partition coefficient (Wildman–Crippen LogP) is 3.09. The van der Waals surface area contributed by atoms with E-state index in [-0.39, 0.29) is 29.9 Å². The number of halogens is 1. The fourth-order valence-corrected chi connectivity index (χ4v) is 5.51. The highest BCUT2D eigenvalue weighted by Gasteiger charge is 2.29. The minimum atomic E-state index is 0. The summed E-state index contributed by atoms with van der Waals surface area (Å²) in [4.78, 5) is 20.1. The van der Waals surface area contributed by atoms with E-state index in [4.69, 9.17) is 0 Å². The fraction of sp³-hybridized carbons (Fsp3) is 0.667. The normalized spacial score (nSPS) is 22.5. The predicted molar refractivity (Wildman–Crippen MR) is 123 cm³/mol. The van der Waals surface area contributed by atoms with Crippen LogP contribution in [-0.4, -0.2) is 53.9 Å². The zero-order valence-electron chi connectivity index (χ0n) is 15.5. The molecule has 2 aliphatic heterocycles. The highest BCUT2D eigenvalue weighted by atomic mass is 127. The second kappa shape index (κ2) is 10.2. The van der Waals surface area contributed by atoms with Gasteiger partial charge in [-0.2, -0.15) is 11.8 Å². The van der Waals surface area contributed by atoms with Crippen LogP contribution in [0.2, 0.25) is 0 Å². The smallest absolute Gasteiger partial charge is 0.224 e. The molecule has 2 N–H and O–H groups in total. The maximum Gasteiger partial charge on any atom is 0.224 e. The van der Waals surface area contributed by atoms with Gasteiger partial charge in [-0.25, -0.2) is 0 Å². The van der Waals surface area contributed by atoms with Crippen molar-refractivity contribution in [2.45, 2.75) is 43.9 Å². The van der Waals surface area contributed by atoms with Crippen LogP contribution in [-0.2, 0) is 17.8 Å². The van der Waals surface area contributed by atoms with Crippen LogP contribution in [0.1, 0.15) is 36.6 Å². The van der Waals surface area contributed by atoms with Gasteiger partial charge in [-0.3, -0.25) is 9.79 Å². The van der Waals surface area contributed by atoms with Gasteiger partial charge in [0.25, 0.3) is 0 Å². The molecule has 0 radical (unpaired) electrons. The van der Waals surface area contributed by atoms with Gasteiger partial charge < -0.3 is 15.5 Å². The zero-order valence-corrected chi connectivity index (χ0v) is 19.5. The van der Waals surface area contributed by atoms with Crippen LogP contribution in [0.4, 0.5) is 0 Å². The number of fused-ring (bicyclic) bond motifs is 1. The SMILES string of the molecule is CN=C(NCCC(=O)N1CCc2sccc2C1)NCC1(C)CCCS1.I. The summed E-state index contributed by atoms with van der Waals surface area (Å²) in [5.74, 6) is 2.26. The summed E-state index contributed by atoms with van der Waals surface area (Å²) in [6.07, 6.45) is 4.04. The van der Waals surface area contributed by atoms with Crippen molar-refractivity contribution in [2.24, 2.45) is 4.99 Å². The van der Waals surface area contributed by atoms with E-state index in [1.165, 1.54) is 29.0 Å². The fourth-order valence-electron chi connectivity index (χ4n) is 3.37. The van der Waals surface area contributed by atoms with Crippen molar-refractivity contribution in [1.82, 2.24) is 15.5 Å². The molecule has 2 aliphatic rings. The lowest BCUT2D eigenvalue weighted by atomic mass is 10.1. The maximum absolute atomic E-state index is 12.4. The Morgan fingerprint density at radius 1 is 1.42 bits per heavy atom. The third-order valence-electron chi connectivity index (χ3n) is 4.95. The molecule has 1 saturated heterocycles. The number of rotatable bonds is 5. The topological polar surface area (TPSA) is 56.7 Å². The van der Waals surface area contributed by atoms with Crippen molar-refractivity contribution in [3.63, 3.8) is 0 Å². The molecule has 0 bridgehead atoms. The van der Waals surface area contributed by atoms with Crippen LogP contribution >= 0.6 is 47.1 Å². The summed E-state index contributed by atoms with van der Waals surface area (Å²) in [5, 5.41) is 8.81. The molecule has 3 heterocycles. The van der Waals surface area contributed by atoms with Gasteiger partial charge in [0.15, 0.2) is 5.96 Å². The average molecular weight is 508 g/mol. The molecule has 1 aromatic heterocycles. The van der Waals surface area contributed by atoms with Crippen molar-refractivity contribution in [3.8, 4) is 0 Å². The lowest BCUT2D eigenvalue weighted by Crippen LogP contribution is -2.45. The molecule has 1 unspecified atom stereocenters. The van der Waals surface area contributed by atoms with Crippen molar-refractivity contribution in [1.29, 1.82) is 0 Å². The van der Waals surface area contributed by atoms with Crippen LogP contribution in [0.5, 0.6) is 0 Å². The van der Waals surface area contributed by atoms with Gasteiger partial charge in [-0.1, -0.05) is 0 Å². The highest BCUT2D eigenvalue weighted by Crippen LogP contribution is 2.36. The summed E-state index contributed by atoms with van der Waals surface area (Å²) in [7, 11) is 1.78. The van der Waals surface area contributed by atoms with Gasteiger partial charge in [0.1, 0.15) is 0 Å². The molecule has 0 saturated carbocycles. The van der Waals surface area contributed by atoms with Gasteiger partial charge >= 0.3 is 0 Å². The van der Waals surface area contributed by atoms with E-state index in [1.54, 1.807) is 18.4 Å². The number of aliphatic imine (C=N–C) groups is 1.